The molecule has 1 atom stereocenters. The number of rotatable bonds is 2. The van der Waals surface area contributed by atoms with Crippen LogP contribution in [0.1, 0.15) is 0 Å². The number of carboxylic acids is 1. The fourth-order valence-corrected chi connectivity index (χ4v) is 0.615. The standard InChI is InChI=1S/C5H7FO3.Li/c6-4(5(7)8)3-1-9-2-3;/h3-4H,1-2H2,(H,7,8);/q;+1/p-1. The van der Waals surface area contributed by atoms with Crippen molar-refractivity contribution in [3.8, 4) is 0 Å². The Morgan fingerprint density at radius 3 is 2.30 bits per heavy atom. The number of halogens is 1. The number of carbonyl (C=O) groups is 1. The molecule has 1 aliphatic heterocycles. The molecule has 0 N–H and O–H groups in total. The third kappa shape index (κ3) is 1.98. The second-order valence-electron chi connectivity index (χ2n) is 2.02. The minimum Gasteiger partial charge on any atom is -0.547 e. The fourth-order valence-electron chi connectivity index (χ4n) is 0.615. The summed E-state index contributed by atoms with van der Waals surface area (Å²) in [5.74, 6) is -2.11. The molecule has 10 heavy (non-hydrogen) atoms. The molecule has 0 amide bonds. The number of carboxylic acid groups (broad SMARTS) is 1. The number of aliphatic carboxylic acids is 1. The van der Waals surface area contributed by atoms with Crippen molar-refractivity contribution in [2.75, 3.05) is 13.2 Å². The Bertz CT molecular complexity index is 126. The van der Waals surface area contributed by atoms with Crippen LogP contribution in [0.3, 0.4) is 0 Å². The largest absolute Gasteiger partial charge is 1.00 e. The Labute approximate surface area is 69.7 Å². The van der Waals surface area contributed by atoms with E-state index in [-0.39, 0.29) is 32.1 Å². The van der Waals surface area contributed by atoms with Gasteiger partial charge in [0.25, 0.3) is 0 Å². The fraction of sp³-hybridized carbons (Fsp3) is 0.800. The maximum absolute atomic E-state index is 12.2. The molecule has 0 saturated carbocycles. The van der Waals surface area contributed by atoms with Gasteiger partial charge in [-0.15, -0.1) is 0 Å². The van der Waals surface area contributed by atoms with Gasteiger partial charge >= 0.3 is 18.9 Å². The van der Waals surface area contributed by atoms with Gasteiger partial charge in [0.1, 0.15) is 6.17 Å². The zero-order valence-corrected chi connectivity index (χ0v) is 5.67. The van der Waals surface area contributed by atoms with Gasteiger partial charge < -0.3 is 14.6 Å². The molecule has 1 fully saturated rings. The van der Waals surface area contributed by atoms with Crippen LogP contribution in [0.2, 0.25) is 0 Å². The first kappa shape index (κ1) is 9.96. The summed E-state index contributed by atoms with van der Waals surface area (Å²) in [5.41, 5.74) is 0. The smallest absolute Gasteiger partial charge is 0.547 e. The van der Waals surface area contributed by atoms with E-state index in [1.165, 1.54) is 0 Å². The van der Waals surface area contributed by atoms with Gasteiger partial charge in [-0.2, -0.15) is 0 Å². The van der Waals surface area contributed by atoms with E-state index in [9.17, 15) is 14.3 Å². The Morgan fingerprint density at radius 2 is 2.20 bits per heavy atom. The summed E-state index contributed by atoms with van der Waals surface area (Å²) in [6.45, 7) is 0.407. The van der Waals surface area contributed by atoms with Gasteiger partial charge in [-0.05, 0) is 0 Å². The van der Waals surface area contributed by atoms with E-state index < -0.39 is 18.1 Å². The van der Waals surface area contributed by atoms with Crippen molar-refractivity contribution in [2.24, 2.45) is 5.92 Å². The zero-order chi connectivity index (χ0) is 6.85. The van der Waals surface area contributed by atoms with Crippen molar-refractivity contribution in [3.63, 3.8) is 0 Å². The number of alkyl halides is 1. The molecule has 0 spiro atoms. The van der Waals surface area contributed by atoms with Crippen molar-refractivity contribution >= 4 is 5.97 Å². The Hall–Kier alpha value is -0.0426. The number of carbonyl (C=O) groups excluding carboxylic acids is 1. The molecule has 1 heterocycles. The minimum atomic E-state index is -1.85. The molecule has 1 rings (SSSR count). The Kier molecular flexibility index (Phi) is 3.95. The van der Waals surface area contributed by atoms with E-state index in [1.54, 1.807) is 0 Å². The van der Waals surface area contributed by atoms with Crippen molar-refractivity contribution in [3.05, 3.63) is 0 Å². The molecular weight excluding hydrogens is 134 g/mol. The van der Waals surface area contributed by atoms with E-state index in [1.807, 2.05) is 0 Å². The van der Waals surface area contributed by atoms with Crippen LogP contribution in [0.5, 0.6) is 0 Å². The molecule has 1 saturated heterocycles. The Balaban J connectivity index is 0.000000810. The number of hydrogen-bond acceptors (Lipinski definition) is 3. The molecule has 5 heteroatoms. The van der Waals surface area contributed by atoms with Crippen molar-refractivity contribution in [1.82, 2.24) is 0 Å². The summed E-state index contributed by atoms with van der Waals surface area (Å²) in [4.78, 5) is 9.79. The van der Waals surface area contributed by atoms with E-state index in [0.29, 0.717) is 0 Å². The first-order chi connectivity index (χ1) is 4.22. The molecule has 0 radical (unpaired) electrons. The third-order valence-corrected chi connectivity index (χ3v) is 1.30. The molecule has 1 aliphatic rings. The average Bonchev–Trinajstić information content (AvgIpc) is 1.60. The van der Waals surface area contributed by atoms with Crippen LogP contribution in [-0.2, 0) is 9.53 Å². The van der Waals surface area contributed by atoms with Gasteiger partial charge in [-0.3, -0.25) is 0 Å². The van der Waals surface area contributed by atoms with Crippen LogP contribution < -0.4 is 24.0 Å². The van der Waals surface area contributed by atoms with Crippen LogP contribution in [0, 0.1) is 5.92 Å². The molecule has 0 aromatic heterocycles. The van der Waals surface area contributed by atoms with Crippen LogP contribution >= 0.6 is 0 Å². The van der Waals surface area contributed by atoms with E-state index >= 15 is 0 Å². The average molecular weight is 140 g/mol. The molecule has 0 aromatic carbocycles. The first-order valence-corrected chi connectivity index (χ1v) is 2.64. The monoisotopic (exact) mass is 140 g/mol. The van der Waals surface area contributed by atoms with E-state index in [2.05, 4.69) is 4.74 Å². The third-order valence-electron chi connectivity index (χ3n) is 1.30. The summed E-state index contributed by atoms with van der Waals surface area (Å²) in [6, 6.07) is 0. The van der Waals surface area contributed by atoms with Crippen molar-refractivity contribution in [1.29, 1.82) is 0 Å². The van der Waals surface area contributed by atoms with E-state index in [0.717, 1.165) is 0 Å². The van der Waals surface area contributed by atoms with Crippen LogP contribution in [0.15, 0.2) is 0 Å². The molecule has 52 valence electrons. The quantitative estimate of drug-likeness (QED) is 0.365. The van der Waals surface area contributed by atoms with Gasteiger partial charge in [0.2, 0.25) is 0 Å². The van der Waals surface area contributed by atoms with Crippen LogP contribution in [-0.4, -0.2) is 25.4 Å². The maximum atomic E-state index is 12.2. The molecule has 1 unspecified atom stereocenters. The topological polar surface area (TPSA) is 49.4 Å². The van der Waals surface area contributed by atoms with E-state index in [4.69, 9.17) is 0 Å². The molecule has 3 nitrogen and oxygen atoms in total. The van der Waals surface area contributed by atoms with Gasteiger partial charge in [0.05, 0.1) is 19.2 Å². The normalized spacial score (nSPS) is 20.5. The van der Waals surface area contributed by atoms with Gasteiger partial charge in [-0.1, -0.05) is 0 Å². The summed E-state index contributed by atoms with van der Waals surface area (Å²) < 4.78 is 16.8. The number of hydrogen-bond donors (Lipinski definition) is 0. The predicted octanol–water partition coefficient (Wildman–Crippen LogP) is -4.28. The summed E-state index contributed by atoms with van der Waals surface area (Å²) in [7, 11) is 0. The zero-order valence-electron chi connectivity index (χ0n) is 5.67. The Morgan fingerprint density at radius 1 is 1.70 bits per heavy atom. The van der Waals surface area contributed by atoms with Gasteiger partial charge in [0.15, 0.2) is 0 Å². The summed E-state index contributed by atoms with van der Waals surface area (Å²) >= 11 is 0. The SMILES string of the molecule is O=C([O-])C(F)C1COC1.[Li+]. The molecule has 0 aliphatic carbocycles. The molecule has 0 bridgehead atoms. The molecular formula is C5H6FLiO3. The van der Waals surface area contributed by atoms with Crippen LogP contribution in [0.4, 0.5) is 4.39 Å². The number of ether oxygens (including phenoxy) is 1. The summed E-state index contributed by atoms with van der Waals surface area (Å²) in [6.07, 6.45) is -1.85. The van der Waals surface area contributed by atoms with Gasteiger partial charge in [0, 0.05) is 5.92 Å². The molecule has 0 aromatic rings. The maximum Gasteiger partial charge on any atom is 1.00 e. The van der Waals surface area contributed by atoms with Crippen LogP contribution in [0.25, 0.3) is 0 Å². The minimum absolute atomic E-state index is 0. The second-order valence-corrected chi connectivity index (χ2v) is 2.02. The summed E-state index contributed by atoms with van der Waals surface area (Å²) in [5, 5.41) is 9.79. The van der Waals surface area contributed by atoms with Crippen molar-refractivity contribution in [2.45, 2.75) is 6.17 Å². The second kappa shape index (κ2) is 3.97. The van der Waals surface area contributed by atoms with Crippen molar-refractivity contribution < 1.29 is 37.9 Å². The van der Waals surface area contributed by atoms with Gasteiger partial charge in [-0.25, -0.2) is 4.39 Å². The first-order valence-electron chi connectivity index (χ1n) is 2.64. The predicted molar refractivity (Wildman–Crippen MR) is 24.2 cm³/mol.